The Kier molecular flexibility index (Phi) is 2.69. The molecule has 1 unspecified atom stereocenters. The van der Waals surface area contributed by atoms with Crippen LogP contribution in [0, 0.1) is 0 Å². The zero-order valence-corrected chi connectivity index (χ0v) is 9.76. The molecule has 0 saturated carbocycles. The maximum absolute atomic E-state index is 10.5. The van der Waals surface area contributed by atoms with Gasteiger partial charge in [0.15, 0.2) is 0 Å². The van der Waals surface area contributed by atoms with Gasteiger partial charge in [-0.1, -0.05) is 48.5 Å². The molecule has 1 nitrogen and oxygen atoms in total. The molecule has 86 valence electrons. The lowest BCUT2D eigenvalue weighted by atomic mass is 9.95. The summed E-state index contributed by atoms with van der Waals surface area (Å²) >= 11 is 0. The van der Waals surface area contributed by atoms with Crippen molar-refractivity contribution < 1.29 is 5.11 Å². The van der Waals surface area contributed by atoms with Gasteiger partial charge < -0.3 is 5.11 Å². The Morgan fingerprint density at radius 1 is 1.00 bits per heavy atom. The van der Waals surface area contributed by atoms with Crippen LogP contribution in [0.1, 0.15) is 30.9 Å². The molecule has 1 atom stereocenters. The lowest BCUT2D eigenvalue weighted by Gasteiger charge is -2.15. The average Bonchev–Trinajstić information content (AvgIpc) is 2.91. The van der Waals surface area contributed by atoms with E-state index in [9.17, 15) is 5.11 Å². The largest absolute Gasteiger partial charge is 0.384 e. The van der Waals surface area contributed by atoms with Gasteiger partial charge in [-0.15, -0.1) is 0 Å². The first kappa shape index (κ1) is 10.5. The highest BCUT2D eigenvalue weighted by atomic mass is 16.3. The third-order valence-corrected chi connectivity index (χ3v) is 3.55. The SMILES string of the molecule is OC(C1=CCCC1)c1cccc2ccccc12. The normalized spacial score (nSPS) is 17.1. The highest BCUT2D eigenvalue weighted by Crippen LogP contribution is 2.33. The Morgan fingerprint density at radius 3 is 2.65 bits per heavy atom. The van der Waals surface area contributed by atoms with Crippen molar-refractivity contribution in [3.8, 4) is 0 Å². The van der Waals surface area contributed by atoms with Gasteiger partial charge in [-0.3, -0.25) is 0 Å². The number of rotatable bonds is 2. The Balaban J connectivity index is 2.10. The third kappa shape index (κ3) is 1.87. The first-order valence-corrected chi connectivity index (χ1v) is 6.21. The molecular weight excluding hydrogens is 208 g/mol. The average molecular weight is 224 g/mol. The third-order valence-electron chi connectivity index (χ3n) is 3.55. The van der Waals surface area contributed by atoms with Gasteiger partial charge in [0.2, 0.25) is 0 Å². The summed E-state index contributed by atoms with van der Waals surface area (Å²) in [7, 11) is 0. The summed E-state index contributed by atoms with van der Waals surface area (Å²) in [4.78, 5) is 0. The number of aliphatic hydroxyl groups excluding tert-OH is 1. The van der Waals surface area contributed by atoms with Crippen LogP contribution < -0.4 is 0 Å². The smallest absolute Gasteiger partial charge is 0.101 e. The van der Waals surface area contributed by atoms with Crippen molar-refractivity contribution in [2.45, 2.75) is 25.4 Å². The predicted molar refractivity (Wildman–Crippen MR) is 70.8 cm³/mol. The van der Waals surface area contributed by atoms with Gasteiger partial charge in [-0.2, -0.15) is 0 Å². The van der Waals surface area contributed by atoms with Gasteiger partial charge in [0.05, 0.1) is 0 Å². The van der Waals surface area contributed by atoms with Gasteiger partial charge in [-0.05, 0) is 41.2 Å². The molecule has 1 heteroatoms. The first-order valence-electron chi connectivity index (χ1n) is 6.21. The molecule has 3 rings (SSSR count). The van der Waals surface area contributed by atoms with E-state index < -0.39 is 6.10 Å². The van der Waals surface area contributed by atoms with Crippen molar-refractivity contribution in [3.05, 3.63) is 59.7 Å². The highest BCUT2D eigenvalue weighted by molar-refractivity contribution is 5.86. The van der Waals surface area contributed by atoms with Gasteiger partial charge in [-0.25, -0.2) is 0 Å². The summed E-state index contributed by atoms with van der Waals surface area (Å²) in [6, 6.07) is 14.4. The van der Waals surface area contributed by atoms with E-state index >= 15 is 0 Å². The summed E-state index contributed by atoms with van der Waals surface area (Å²) in [5.41, 5.74) is 2.22. The maximum atomic E-state index is 10.5. The fourth-order valence-corrected chi connectivity index (χ4v) is 2.63. The van der Waals surface area contributed by atoms with E-state index in [0.29, 0.717) is 0 Å². The van der Waals surface area contributed by atoms with Crippen LogP contribution in [0.3, 0.4) is 0 Å². The molecule has 17 heavy (non-hydrogen) atoms. The summed E-state index contributed by atoms with van der Waals surface area (Å²) in [5.74, 6) is 0. The van der Waals surface area contributed by atoms with Crippen molar-refractivity contribution >= 4 is 10.8 Å². The lowest BCUT2D eigenvalue weighted by Crippen LogP contribution is -2.00. The number of hydrogen-bond donors (Lipinski definition) is 1. The number of fused-ring (bicyclic) bond motifs is 1. The zero-order chi connectivity index (χ0) is 11.7. The van der Waals surface area contributed by atoms with E-state index in [1.54, 1.807) is 0 Å². The highest BCUT2D eigenvalue weighted by Gasteiger charge is 2.17. The monoisotopic (exact) mass is 224 g/mol. The summed E-state index contributed by atoms with van der Waals surface area (Å²) in [5, 5.41) is 12.8. The molecule has 0 spiro atoms. The van der Waals surface area contributed by atoms with Gasteiger partial charge in [0.25, 0.3) is 0 Å². The van der Waals surface area contributed by atoms with Crippen molar-refractivity contribution in [3.63, 3.8) is 0 Å². The van der Waals surface area contributed by atoms with E-state index in [0.717, 1.165) is 23.8 Å². The molecule has 1 aliphatic rings. The van der Waals surface area contributed by atoms with E-state index in [2.05, 4.69) is 24.3 Å². The molecule has 0 heterocycles. The summed E-state index contributed by atoms with van der Waals surface area (Å²) in [6.45, 7) is 0. The molecule has 1 N–H and O–H groups in total. The quantitative estimate of drug-likeness (QED) is 0.765. The second-order valence-corrected chi connectivity index (χ2v) is 4.64. The van der Waals surface area contributed by atoms with Crippen LogP contribution in [0.2, 0.25) is 0 Å². The van der Waals surface area contributed by atoms with E-state index in [-0.39, 0.29) is 0 Å². The van der Waals surface area contributed by atoms with Crippen LogP contribution in [0.4, 0.5) is 0 Å². The minimum absolute atomic E-state index is 0.427. The van der Waals surface area contributed by atoms with E-state index in [1.807, 2.05) is 24.3 Å². The van der Waals surface area contributed by atoms with Crippen LogP contribution in [-0.4, -0.2) is 5.11 Å². The van der Waals surface area contributed by atoms with Gasteiger partial charge >= 0.3 is 0 Å². The molecule has 0 aromatic heterocycles. The minimum Gasteiger partial charge on any atom is -0.384 e. The molecule has 0 fully saturated rings. The molecule has 0 radical (unpaired) electrons. The number of hydrogen-bond acceptors (Lipinski definition) is 1. The Labute approximate surface area is 101 Å². The Bertz CT molecular complexity index is 563. The fourth-order valence-electron chi connectivity index (χ4n) is 2.63. The molecule has 1 aliphatic carbocycles. The topological polar surface area (TPSA) is 20.2 Å². The summed E-state index contributed by atoms with van der Waals surface area (Å²) < 4.78 is 0. The van der Waals surface area contributed by atoms with Gasteiger partial charge in [0, 0.05) is 0 Å². The molecular formula is C16H16O. The summed E-state index contributed by atoms with van der Waals surface area (Å²) in [6.07, 6.45) is 5.08. The molecule has 0 amide bonds. The van der Waals surface area contributed by atoms with Crippen LogP contribution in [0.15, 0.2) is 54.1 Å². The van der Waals surface area contributed by atoms with Crippen LogP contribution >= 0.6 is 0 Å². The molecule has 0 saturated heterocycles. The first-order chi connectivity index (χ1) is 8.36. The molecule has 2 aromatic rings. The second kappa shape index (κ2) is 4.34. The van der Waals surface area contributed by atoms with Crippen molar-refractivity contribution in [2.24, 2.45) is 0 Å². The molecule has 2 aromatic carbocycles. The van der Waals surface area contributed by atoms with E-state index in [4.69, 9.17) is 0 Å². The predicted octanol–water partition coefficient (Wildman–Crippen LogP) is 3.98. The van der Waals surface area contributed by atoms with Crippen LogP contribution in [0.5, 0.6) is 0 Å². The lowest BCUT2D eigenvalue weighted by molar-refractivity contribution is 0.214. The second-order valence-electron chi connectivity index (χ2n) is 4.64. The van der Waals surface area contributed by atoms with Crippen molar-refractivity contribution in [1.82, 2.24) is 0 Å². The maximum Gasteiger partial charge on any atom is 0.101 e. The van der Waals surface area contributed by atoms with Crippen LogP contribution in [0.25, 0.3) is 10.8 Å². The number of benzene rings is 2. The fraction of sp³-hybridized carbons (Fsp3) is 0.250. The van der Waals surface area contributed by atoms with E-state index in [1.165, 1.54) is 17.4 Å². The molecule has 0 bridgehead atoms. The Morgan fingerprint density at radius 2 is 1.82 bits per heavy atom. The van der Waals surface area contributed by atoms with Crippen LogP contribution in [-0.2, 0) is 0 Å². The van der Waals surface area contributed by atoms with Crippen molar-refractivity contribution in [1.29, 1.82) is 0 Å². The van der Waals surface area contributed by atoms with Crippen molar-refractivity contribution in [2.75, 3.05) is 0 Å². The van der Waals surface area contributed by atoms with Gasteiger partial charge in [0.1, 0.15) is 6.10 Å². The number of allylic oxidation sites excluding steroid dienone is 1. The zero-order valence-electron chi connectivity index (χ0n) is 9.76. The minimum atomic E-state index is -0.427. The standard InChI is InChI=1S/C16H16O/c17-16(13-7-1-2-8-13)15-11-5-9-12-6-3-4-10-14(12)15/h3-7,9-11,16-17H,1-2,8H2. The molecule has 0 aliphatic heterocycles. The number of aliphatic hydroxyl groups is 1. The Hall–Kier alpha value is -1.60.